The van der Waals surface area contributed by atoms with Crippen molar-refractivity contribution in [3.8, 4) is 5.75 Å². The zero-order valence-corrected chi connectivity index (χ0v) is 20.0. The minimum Gasteiger partial charge on any atom is -0.495 e. The molecule has 0 aliphatic carbocycles. The number of benzene rings is 1. The lowest BCUT2D eigenvalue weighted by molar-refractivity contribution is -0.149. The van der Waals surface area contributed by atoms with E-state index >= 15 is 0 Å². The van der Waals surface area contributed by atoms with Gasteiger partial charge < -0.3 is 24.2 Å². The number of esters is 1. The Kier molecular flexibility index (Phi) is 7.79. The van der Waals surface area contributed by atoms with Crippen LogP contribution in [0.5, 0.6) is 5.75 Å². The van der Waals surface area contributed by atoms with Crippen LogP contribution in [-0.2, 0) is 14.3 Å². The highest BCUT2D eigenvalue weighted by Crippen LogP contribution is 2.34. The summed E-state index contributed by atoms with van der Waals surface area (Å²) in [5.74, 6) is -0.185. The van der Waals surface area contributed by atoms with Crippen molar-refractivity contribution in [3.05, 3.63) is 36.0 Å². The molecule has 3 atom stereocenters. The van der Waals surface area contributed by atoms with E-state index < -0.39 is 23.7 Å². The fourth-order valence-electron chi connectivity index (χ4n) is 4.34. The van der Waals surface area contributed by atoms with Gasteiger partial charge in [-0.25, -0.2) is 4.79 Å². The van der Waals surface area contributed by atoms with Gasteiger partial charge in [-0.15, -0.1) is 0 Å². The van der Waals surface area contributed by atoms with Crippen LogP contribution in [0, 0.1) is 11.8 Å². The maximum absolute atomic E-state index is 12.5. The van der Waals surface area contributed by atoms with Gasteiger partial charge in [-0.2, -0.15) is 0 Å². The molecule has 0 unspecified atom stereocenters. The number of aromatic nitrogens is 1. The van der Waals surface area contributed by atoms with Crippen molar-refractivity contribution in [1.82, 2.24) is 9.88 Å². The number of rotatable bonds is 6. The number of carbonyl (C=O) groups is 2. The molecule has 33 heavy (non-hydrogen) atoms. The third kappa shape index (κ3) is 6.13. The molecule has 1 aromatic heterocycles. The third-order valence-electron chi connectivity index (χ3n) is 6.05. The number of ether oxygens (including phenoxy) is 3. The highest BCUT2D eigenvalue weighted by atomic mass is 16.6. The minimum atomic E-state index is -0.718. The van der Waals surface area contributed by atoms with E-state index in [-0.39, 0.29) is 18.4 Å². The average molecular weight is 459 g/mol. The molecule has 8 nitrogen and oxygen atoms in total. The number of carbonyl (C=O) groups excluding carboxylic acids is 2. The topological polar surface area (TPSA) is 98.2 Å². The predicted octanol–water partition coefficient (Wildman–Crippen LogP) is 4.10. The van der Waals surface area contributed by atoms with Crippen molar-refractivity contribution in [2.24, 2.45) is 11.8 Å². The molecule has 3 rings (SSSR count). The Labute approximate surface area is 194 Å². The van der Waals surface area contributed by atoms with Gasteiger partial charge in [-0.05, 0) is 63.6 Å². The first-order valence-electron chi connectivity index (χ1n) is 11.3. The van der Waals surface area contributed by atoms with Gasteiger partial charge in [-0.3, -0.25) is 9.78 Å². The highest BCUT2D eigenvalue weighted by Gasteiger charge is 2.38. The van der Waals surface area contributed by atoms with Gasteiger partial charge in [0.05, 0.1) is 38.0 Å². The SMILES string of the molecule is COC(=O)[C@H]1CN(C(=O)OC(C)(C)C)CC[C@H]1CC[C@H](O)c1cccc2ncc(OC)cc12. The molecule has 2 aromatic rings. The van der Waals surface area contributed by atoms with E-state index in [1.54, 1.807) is 18.2 Å². The van der Waals surface area contributed by atoms with Gasteiger partial charge in [0.15, 0.2) is 0 Å². The number of piperidine rings is 1. The van der Waals surface area contributed by atoms with Crippen molar-refractivity contribution in [1.29, 1.82) is 0 Å². The number of likely N-dealkylation sites (tertiary alicyclic amines) is 1. The Balaban J connectivity index is 1.70. The summed E-state index contributed by atoms with van der Waals surface area (Å²) in [5, 5.41) is 11.8. The molecule has 2 heterocycles. The summed E-state index contributed by atoms with van der Waals surface area (Å²) in [5.41, 5.74) is 0.958. The van der Waals surface area contributed by atoms with Crippen LogP contribution in [0.1, 0.15) is 51.7 Å². The number of fused-ring (bicyclic) bond motifs is 1. The number of amides is 1. The summed E-state index contributed by atoms with van der Waals surface area (Å²) in [6, 6.07) is 7.52. The lowest BCUT2D eigenvalue weighted by Crippen LogP contribution is -2.48. The Morgan fingerprint density at radius 3 is 2.70 bits per heavy atom. The van der Waals surface area contributed by atoms with Gasteiger partial charge in [-0.1, -0.05) is 12.1 Å². The van der Waals surface area contributed by atoms with Crippen LogP contribution >= 0.6 is 0 Å². The maximum Gasteiger partial charge on any atom is 0.410 e. The molecule has 1 fully saturated rings. The van der Waals surface area contributed by atoms with Gasteiger partial charge in [0.2, 0.25) is 0 Å². The number of nitrogens with zero attached hydrogens (tertiary/aromatic N) is 2. The zero-order chi connectivity index (χ0) is 24.2. The number of hydrogen-bond donors (Lipinski definition) is 1. The molecule has 8 heteroatoms. The van der Waals surface area contributed by atoms with Gasteiger partial charge in [0.25, 0.3) is 0 Å². The third-order valence-corrected chi connectivity index (χ3v) is 6.05. The van der Waals surface area contributed by atoms with Crippen molar-refractivity contribution in [3.63, 3.8) is 0 Å². The van der Waals surface area contributed by atoms with Crippen LogP contribution in [0.3, 0.4) is 0 Å². The second-order valence-corrected chi connectivity index (χ2v) is 9.49. The summed E-state index contributed by atoms with van der Waals surface area (Å²) in [6.07, 6.45) is 2.24. The molecule has 1 amide bonds. The van der Waals surface area contributed by atoms with Gasteiger partial charge in [0.1, 0.15) is 11.4 Å². The Bertz CT molecular complexity index is 987. The van der Waals surface area contributed by atoms with Crippen LogP contribution in [-0.4, -0.2) is 60.0 Å². The predicted molar refractivity (Wildman–Crippen MR) is 124 cm³/mol. The quantitative estimate of drug-likeness (QED) is 0.651. The number of aliphatic hydroxyl groups excluding tert-OH is 1. The van der Waals surface area contributed by atoms with E-state index in [2.05, 4.69) is 4.98 Å². The Hall–Kier alpha value is -2.87. The molecular formula is C25H34N2O6. The molecule has 0 spiro atoms. The molecule has 1 aliphatic rings. The van der Waals surface area contributed by atoms with Crippen molar-refractivity contribution in [2.75, 3.05) is 27.3 Å². The Morgan fingerprint density at radius 1 is 1.27 bits per heavy atom. The monoisotopic (exact) mass is 458 g/mol. The van der Waals surface area contributed by atoms with E-state index in [0.29, 0.717) is 31.6 Å². The van der Waals surface area contributed by atoms with Crippen molar-refractivity contribution in [2.45, 2.75) is 51.7 Å². The average Bonchev–Trinajstić information content (AvgIpc) is 2.79. The summed E-state index contributed by atoms with van der Waals surface area (Å²) in [7, 11) is 2.94. The summed E-state index contributed by atoms with van der Waals surface area (Å²) >= 11 is 0. The van der Waals surface area contributed by atoms with Crippen LogP contribution in [0.4, 0.5) is 4.79 Å². The molecular weight excluding hydrogens is 424 g/mol. The molecule has 1 N–H and O–H groups in total. The lowest BCUT2D eigenvalue weighted by Gasteiger charge is -2.38. The molecule has 1 aromatic carbocycles. The number of hydrogen-bond acceptors (Lipinski definition) is 7. The molecule has 1 aliphatic heterocycles. The largest absolute Gasteiger partial charge is 0.495 e. The first-order chi connectivity index (χ1) is 15.6. The lowest BCUT2D eigenvalue weighted by atomic mass is 9.81. The summed E-state index contributed by atoms with van der Waals surface area (Å²) < 4.78 is 15.8. The van der Waals surface area contributed by atoms with Crippen molar-refractivity contribution >= 4 is 23.0 Å². The highest BCUT2D eigenvalue weighted by molar-refractivity contribution is 5.83. The van der Waals surface area contributed by atoms with E-state index in [9.17, 15) is 14.7 Å². The molecule has 0 saturated carbocycles. The standard InChI is InChI=1S/C25H34N2O6/c1-25(2,3)33-24(30)27-12-11-16(20(15-27)23(29)32-5)9-10-22(28)18-7-6-8-21-19(18)13-17(31-4)14-26-21/h6-8,13-14,16,20,22,28H,9-12,15H2,1-5H3/t16-,20+,22+/m1/s1. The van der Waals surface area contributed by atoms with Gasteiger partial charge in [0, 0.05) is 18.5 Å². The second-order valence-electron chi connectivity index (χ2n) is 9.49. The molecule has 180 valence electrons. The minimum absolute atomic E-state index is 0.00609. The fourth-order valence-corrected chi connectivity index (χ4v) is 4.34. The molecule has 1 saturated heterocycles. The normalized spacial score (nSPS) is 19.8. The smallest absolute Gasteiger partial charge is 0.410 e. The fraction of sp³-hybridized carbons (Fsp3) is 0.560. The van der Waals surface area contributed by atoms with E-state index in [0.717, 1.165) is 16.5 Å². The molecule has 0 radical (unpaired) electrons. The first kappa shape index (κ1) is 24.8. The van der Waals surface area contributed by atoms with Gasteiger partial charge >= 0.3 is 12.1 Å². The van der Waals surface area contributed by atoms with E-state index in [1.807, 2.05) is 45.0 Å². The van der Waals surface area contributed by atoms with E-state index in [1.165, 1.54) is 7.11 Å². The molecule has 0 bridgehead atoms. The number of aliphatic hydroxyl groups is 1. The van der Waals surface area contributed by atoms with Crippen molar-refractivity contribution < 1.29 is 28.9 Å². The second kappa shape index (κ2) is 10.4. The van der Waals surface area contributed by atoms with Crippen LogP contribution in [0.2, 0.25) is 0 Å². The number of pyridine rings is 1. The first-order valence-corrected chi connectivity index (χ1v) is 11.3. The van der Waals surface area contributed by atoms with Crippen LogP contribution in [0.25, 0.3) is 10.9 Å². The summed E-state index contributed by atoms with van der Waals surface area (Å²) in [6.45, 7) is 6.19. The maximum atomic E-state index is 12.5. The zero-order valence-electron chi connectivity index (χ0n) is 20.0. The number of methoxy groups -OCH3 is 2. The Morgan fingerprint density at radius 2 is 2.03 bits per heavy atom. The van der Waals surface area contributed by atoms with Crippen LogP contribution in [0.15, 0.2) is 30.5 Å². The van der Waals surface area contributed by atoms with Crippen LogP contribution < -0.4 is 4.74 Å². The van der Waals surface area contributed by atoms with E-state index in [4.69, 9.17) is 14.2 Å². The summed E-state index contributed by atoms with van der Waals surface area (Å²) in [4.78, 5) is 31.0.